The van der Waals surface area contributed by atoms with Crippen molar-refractivity contribution in [2.75, 3.05) is 5.48 Å². The van der Waals surface area contributed by atoms with Crippen LogP contribution >= 0.6 is 0 Å². The van der Waals surface area contributed by atoms with E-state index in [0.717, 1.165) is 25.2 Å². The summed E-state index contributed by atoms with van der Waals surface area (Å²) in [6, 6.07) is 4.79. The van der Waals surface area contributed by atoms with Crippen LogP contribution in [0, 0.1) is 5.92 Å². The standard InChI is InChI=1S/C12H13BN2O2/c13-8-1-2-10(15-17)9(3-8)11(16)14-12-4-7(5-12)6-12/h1-3,7,15,17H,4-6H2,(H,14,16). The van der Waals surface area contributed by atoms with Crippen LogP contribution in [0.15, 0.2) is 18.2 Å². The Balaban J connectivity index is 1.82. The van der Waals surface area contributed by atoms with Gasteiger partial charge in [0.15, 0.2) is 0 Å². The first-order valence-corrected chi connectivity index (χ1v) is 5.74. The SMILES string of the molecule is [B]c1ccc(NO)c(C(=O)NC23CC(C2)C3)c1. The summed E-state index contributed by atoms with van der Waals surface area (Å²) in [6.07, 6.45) is 3.26. The van der Waals surface area contributed by atoms with Gasteiger partial charge in [0.2, 0.25) is 0 Å². The first kappa shape index (κ1) is 10.7. The highest BCUT2D eigenvalue weighted by Gasteiger charge is 2.57. The Bertz CT molecular complexity index is 472. The van der Waals surface area contributed by atoms with E-state index >= 15 is 0 Å². The molecular formula is C12H13BN2O2. The number of amides is 1. The van der Waals surface area contributed by atoms with E-state index in [4.69, 9.17) is 13.1 Å². The minimum atomic E-state index is -0.174. The lowest BCUT2D eigenvalue weighted by atomic mass is 9.50. The summed E-state index contributed by atoms with van der Waals surface area (Å²) in [5, 5.41) is 12.0. The minimum absolute atomic E-state index is 0.0269. The number of benzene rings is 1. The van der Waals surface area contributed by atoms with Crippen molar-refractivity contribution >= 4 is 24.9 Å². The summed E-state index contributed by atoms with van der Waals surface area (Å²) in [5.41, 5.74) is 3.32. The van der Waals surface area contributed by atoms with Gasteiger partial charge >= 0.3 is 0 Å². The van der Waals surface area contributed by atoms with Gasteiger partial charge in [-0.15, -0.1) is 0 Å². The van der Waals surface area contributed by atoms with Crippen molar-refractivity contribution in [2.24, 2.45) is 5.92 Å². The average Bonchev–Trinajstić information content (AvgIpc) is 2.21. The van der Waals surface area contributed by atoms with Gasteiger partial charge in [-0.3, -0.25) is 15.5 Å². The number of carbonyl (C=O) groups is 1. The zero-order valence-corrected chi connectivity index (χ0v) is 9.36. The second-order valence-electron chi connectivity index (χ2n) is 5.13. The zero-order valence-electron chi connectivity index (χ0n) is 9.36. The van der Waals surface area contributed by atoms with Crippen LogP contribution in [0.25, 0.3) is 0 Å². The lowest BCUT2D eigenvalue weighted by Crippen LogP contribution is -2.68. The molecule has 3 fully saturated rings. The zero-order chi connectivity index (χ0) is 12.0. The van der Waals surface area contributed by atoms with Crippen LogP contribution in [0.4, 0.5) is 5.69 Å². The Hall–Kier alpha value is -1.49. The van der Waals surface area contributed by atoms with E-state index in [2.05, 4.69) is 5.32 Å². The molecule has 2 bridgehead atoms. The van der Waals surface area contributed by atoms with Crippen LogP contribution in [-0.2, 0) is 0 Å². The fourth-order valence-electron chi connectivity index (χ4n) is 2.79. The van der Waals surface area contributed by atoms with Gasteiger partial charge in [0.05, 0.1) is 11.3 Å². The van der Waals surface area contributed by atoms with Gasteiger partial charge in [-0.05, 0) is 31.2 Å². The molecule has 0 aliphatic heterocycles. The monoisotopic (exact) mass is 228 g/mol. The van der Waals surface area contributed by atoms with E-state index in [1.54, 1.807) is 18.2 Å². The lowest BCUT2D eigenvalue weighted by molar-refractivity contribution is -0.0438. The fourth-order valence-corrected chi connectivity index (χ4v) is 2.79. The van der Waals surface area contributed by atoms with Crippen molar-refractivity contribution in [2.45, 2.75) is 24.8 Å². The molecule has 4 rings (SSSR count). The molecule has 1 aromatic rings. The molecule has 3 aliphatic rings. The van der Waals surface area contributed by atoms with Crippen molar-refractivity contribution in [3.8, 4) is 0 Å². The van der Waals surface area contributed by atoms with Gasteiger partial charge in [-0.1, -0.05) is 17.6 Å². The predicted octanol–water partition coefficient (Wildman–Crippen LogP) is 0.564. The van der Waals surface area contributed by atoms with E-state index in [1.165, 1.54) is 0 Å². The molecule has 4 nitrogen and oxygen atoms in total. The topological polar surface area (TPSA) is 61.4 Å². The van der Waals surface area contributed by atoms with Crippen LogP contribution in [-0.4, -0.2) is 24.5 Å². The van der Waals surface area contributed by atoms with E-state index in [1.807, 2.05) is 5.48 Å². The molecule has 1 aromatic carbocycles. The van der Waals surface area contributed by atoms with Crippen molar-refractivity contribution < 1.29 is 10.0 Å². The Morgan fingerprint density at radius 3 is 2.65 bits per heavy atom. The number of anilines is 1. The maximum atomic E-state index is 12.1. The Labute approximate surface area is 101 Å². The molecule has 3 N–H and O–H groups in total. The third kappa shape index (κ3) is 1.62. The quantitative estimate of drug-likeness (QED) is 0.523. The molecule has 0 unspecified atom stereocenters. The molecular weight excluding hydrogens is 215 g/mol. The largest absolute Gasteiger partial charge is 0.347 e. The molecule has 1 amide bonds. The van der Waals surface area contributed by atoms with Gasteiger partial charge in [-0.2, -0.15) is 0 Å². The first-order valence-electron chi connectivity index (χ1n) is 5.74. The van der Waals surface area contributed by atoms with Crippen molar-refractivity contribution in [1.29, 1.82) is 0 Å². The molecule has 3 saturated carbocycles. The van der Waals surface area contributed by atoms with Crippen molar-refractivity contribution in [3.05, 3.63) is 23.8 Å². The smallest absolute Gasteiger partial charge is 0.253 e. The van der Waals surface area contributed by atoms with Gasteiger partial charge < -0.3 is 5.32 Å². The van der Waals surface area contributed by atoms with Gasteiger partial charge in [0.25, 0.3) is 5.91 Å². The third-order valence-electron chi connectivity index (χ3n) is 3.83. The molecule has 86 valence electrons. The summed E-state index contributed by atoms with van der Waals surface area (Å²) in [6.45, 7) is 0. The number of rotatable bonds is 3. The minimum Gasteiger partial charge on any atom is -0.347 e. The maximum absolute atomic E-state index is 12.1. The van der Waals surface area contributed by atoms with Gasteiger partial charge in [0.1, 0.15) is 7.85 Å². The van der Waals surface area contributed by atoms with E-state index < -0.39 is 0 Å². The highest BCUT2D eigenvalue weighted by atomic mass is 16.5. The number of carbonyl (C=O) groups excluding carboxylic acids is 1. The molecule has 0 saturated heterocycles. The Morgan fingerprint density at radius 2 is 2.12 bits per heavy atom. The Kier molecular flexibility index (Phi) is 2.19. The number of hydrogen-bond donors (Lipinski definition) is 3. The van der Waals surface area contributed by atoms with Crippen molar-refractivity contribution in [1.82, 2.24) is 5.32 Å². The molecule has 0 atom stereocenters. The molecule has 0 aromatic heterocycles. The first-order chi connectivity index (χ1) is 8.12. The predicted molar refractivity (Wildman–Crippen MR) is 64.8 cm³/mol. The Morgan fingerprint density at radius 1 is 1.41 bits per heavy atom. The van der Waals surface area contributed by atoms with Crippen LogP contribution in [0.5, 0.6) is 0 Å². The summed E-state index contributed by atoms with van der Waals surface area (Å²) < 4.78 is 0. The van der Waals surface area contributed by atoms with Gasteiger partial charge in [0, 0.05) is 5.54 Å². The second kappa shape index (κ2) is 3.50. The molecule has 3 aliphatic carbocycles. The van der Waals surface area contributed by atoms with E-state index in [0.29, 0.717) is 16.7 Å². The summed E-state index contributed by atoms with van der Waals surface area (Å²) in [5.74, 6) is 0.638. The normalized spacial score (nSPS) is 28.9. The fraction of sp³-hybridized carbons (Fsp3) is 0.417. The van der Waals surface area contributed by atoms with Crippen LogP contribution in [0.3, 0.4) is 0 Å². The number of hydrogen-bond acceptors (Lipinski definition) is 3. The highest BCUT2D eigenvalue weighted by Crippen LogP contribution is 2.57. The van der Waals surface area contributed by atoms with Crippen LogP contribution in [0.1, 0.15) is 29.6 Å². The van der Waals surface area contributed by atoms with E-state index in [9.17, 15) is 4.79 Å². The molecule has 0 spiro atoms. The van der Waals surface area contributed by atoms with Crippen LogP contribution < -0.4 is 16.3 Å². The summed E-state index contributed by atoms with van der Waals surface area (Å²) >= 11 is 0. The third-order valence-corrected chi connectivity index (χ3v) is 3.83. The highest BCUT2D eigenvalue weighted by molar-refractivity contribution is 6.33. The lowest BCUT2D eigenvalue weighted by Gasteiger charge is -2.61. The maximum Gasteiger partial charge on any atom is 0.253 e. The van der Waals surface area contributed by atoms with Gasteiger partial charge in [-0.25, -0.2) is 0 Å². The molecule has 5 heteroatoms. The van der Waals surface area contributed by atoms with Crippen molar-refractivity contribution in [3.63, 3.8) is 0 Å². The summed E-state index contributed by atoms with van der Waals surface area (Å²) in [4.78, 5) is 12.1. The molecule has 0 heterocycles. The average molecular weight is 228 g/mol. The number of nitrogens with one attached hydrogen (secondary N) is 2. The second-order valence-corrected chi connectivity index (χ2v) is 5.13. The van der Waals surface area contributed by atoms with Crippen LogP contribution in [0.2, 0.25) is 0 Å². The molecule has 2 radical (unpaired) electrons. The summed E-state index contributed by atoms with van der Waals surface area (Å²) in [7, 11) is 5.65. The van der Waals surface area contributed by atoms with E-state index in [-0.39, 0.29) is 11.4 Å². The molecule has 17 heavy (non-hydrogen) atoms.